The molecule has 4 N–H and O–H groups in total. The Morgan fingerprint density at radius 3 is 2.54 bits per heavy atom. The van der Waals surface area contributed by atoms with Gasteiger partial charge in [-0.15, -0.1) is 0 Å². The average molecular weight is 520 g/mol. The number of nitrogens with one attached hydrogen (secondary N) is 2. The van der Waals surface area contributed by atoms with Crippen molar-refractivity contribution in [3.8, 4) is 0 Å². The maximum absolute atomic E-state index is 13.4. The summed E-state index contributed by atoms with van der Waals surface area (Å²) < 4.78 is 0. The number of halogens is 2. The first kappa shape index (κ1) is 27.0. The van der Waals surface area contributed by atoms with Gasteiger partial charge < -0.3 is 25.5 Å². The number of hydrogen-bond acceptors (Lipinski definition) is 6. The summed E-state index contributed by atoms with van der Waals surface area (Å²) in [5.74, 6) is -1.70. The van der Waals surface area contributed by atoms with Gasteiger partial charge in [0.25, 0.3) is 11.8 Å². The van der Waals surface area contributed by atoms with Gasteiger partial charge in [-0.25, -0.2) is 0 Å². The van der Waals surface area contributed by atoms with Crippen molar-refractivity contribution in [2.24, 2.45) is 11.1 Å². The number of nitrogens with zero attached hydrogens (tertiary/aromatic N) is 1. The molecule has 2 atom stereocenters. The Kier molecular flexibility index (Phi) is 9.18. The summed E-state index contributed by atoms with van der Waals surface area (Å²) in [5.41, 5.74) is 0.117. The minimum atomic E-state index is -1.72. The lowest BCUT2D eigenvalue weighted by atomic mass is 9.74. The average Bonchev–Trinajstić information content (AvgIpc) is 3.23. The zero-order valence-corrected chi connectivity index (χ0v) is 21.0. The molecule has 0 fully saturated rings. The van der Waals surface area contributed by atoms with Crippen molar-refractivity contribution >= 4 is 47.8 Å². The third-order valence-electron chi connectivity index (χ3n) is 5.61. The molecule has 0 saturated carbocycles. The molecule has 1 aliphatic heterocycles. The Morgan fingerprint density at radius 2 is 1.89 bits per heavy atom. The molecule has 0 bridgehead atoms. The highest BCUT2D eigenvalue weighted by Gasteiger charge is 2.48. The first-order valence-electron chi connectivity index (χ1n) is 11.3. The molecule has 3 rings (SSSR count). The molecule has 0 aliphatic carbocycles. The number of carbonyl (C=O) groups excluding carboxylic acids is 2. The zero-order valence-electron chi connectivity index (χ0n) is 19.5. The van der Waals surface area contributed by atoms with Crippen LogP contribution in [0.4, 0.5) is 0 Å². The van der Waals surface area contributed by atoms with Crippen LogP contribution in [0.5, 0.6) is 0 Å². The standard InChI is InChI=1S/C24H28BCl2N3O5/c1-15(2)10-21(25(33)34)29-23(32)24(12-16-6-4-3-5-7-16)13-18(30-35-24)14-28-22(31)19-11-17(26)8-9-20(19)27/h3-9,11,15,21,33-34H,10,12-14H2,1-2H3,(H,28,31)(H,29,32). The normalized spacial score (nSPS) is 18.0. The highest BCUT2D eigenvalue weighted by Crippen LogP contribution is 2.29. The fraction of sp³-hybridized carbons (Fsp3) is 0.375. The monoisotopic (exact) mass is 519 g/mol. The van der Waals surface area contributed by atoms with Gasteiger partial charge in [0.2, 0.25) is 5.60 Å². The second-order valence-corrected chi connectivity index (χ2v) is 9.86. The Hall–Kier alpha value is -2.59. The number of carbonyl (C=O) groups is 2. The van der Waals surface area contributed by atoms with E-state index in [1.54, 1.807) is 6.07 Å². The van der Waals surface area contributed by atoms with Crippen molar-refractivity contribution in [2.75, 3.05) is 6.54 Å². The van der Waals surface area contributed by atoms with Crippen LogP contribution in [0.2, 0.25) is 10.0 Å². The maximum Gasteiger partial charge on any atom is 0.475 e. The molecule has 0 aromatic heterocycles. The Bertz CT molecular complexity index is 1080. The second kappa shape index (κ2) is 11.9. The predicted octanol–water partition coefficient (Wildman–Crippen LogP) is 3.02. The van der Waals surface area contributed by atoms with Gasteiger partial charge in [0.05, 0.1) is 28.8 Å². The molecular weight excluding hydrogens is 492 g/mol. The van der Waals surface area contributed by atoms with Crippen LogP contribution in [0.3, 0.4) is 0 Å². The van der Waals surface area contributed by atoms with Gasteiger partial charge in [-0.2, -0.15) is 0 Å². The minimum Gasteiger partial charge on any atom is -0.426 e. The van der Waals surface area contributed by atoms with Gasteiger partial charge in [0.15, 0.2) is 0 Å². The van der Waals surface area contributed by atoms with E-state index in [1.165, 1.54) is 12.1 Å². The Labute approximate surface area is 214 Å². The van der Waals surface area contributed by atoms with Gasteiger partial charge in [-0.05, 0) is 36.1 Å². The predicted molar refractivity (Wildman–Crippen MR) is 136 cm³/mol. The molecule has 35 heavy (non-hydrogen) atoms. The smallest absolute Gasteiger partial charge is 0.426 e. The third kappa shape index (κ3) is 7.21. The van der Waals surface area contributed by atoms with Crippen molar-refractivity contribution in [1.82, 2.24) is 10.6 Å². The van der Waals surface area contributed by atoms with Crippen LogP contribution in [-0.2, 0) is 16.1 Å². The largest absolute Gasteiger partial charge is 0.475 e. The van der Waals surface area contributed by atoms with Crippen molar-refractivity contribution in [1.29, 1.82) is 0 Å². The summed E-state index contributed by atoms with van der Waals surface area (Å²) in [4.78, 5) is 31.7. The van der Waals surface area contributed by atoms with E-state index >= 15 is 0 Å². The van der Waals surface area contributed by atoms with E-state index in [0.29, 0.717) is 17.2 Å². The van der Waals surface area contributed by atoms with E-state index in [0.717, 1.165) is 5.56 Å². The molecular formula is C24H28BCl2N3O5. The van der Waals surface area contributed by atoms with Crippen LogP contribution in [0.15, 0.2) is 53.7 Å². The molecule has 186 valence electrons. The number of rotatable bonds is 10. The molecule has 1 aliphatic rings. The number of hydrogen-bond donors (Lipinski definition) is 4. The number of oxime groups is 1. The van der Waals surface area contributed by atoms with Crippen LogP contribution >= 0.6 is 23.2 Å². The van der Waals surface area contributed by atoms with E-state index in [-0.39, 0.29) is 35.9 Å². The van der Waals surface area contributed by atoms with E-state index in [2.05, 4.69) is 15.8 Å². The van der Waals surface area contributed by atoms with Gasteiger partial charge in [0.1, 0.15) is 0 Å². The Balaban J connectivity index is 1.74. The Morgan fingerprint density at radius 1 is 1.17 bits per heavy atom. The lowest BCUT2D eigenvalue weighted by molar-refractivity contribution is -0.144. The molecule has 0 saturated heterocycles. The summed E-state index contributed by atoms with van der Waals surface area (Å²) in [6, 6.07) is 13.9. The van der Waals surface area contributed by atoms with Gasteiger partial charge >= 0.3 is 7.12 Å². The summed E-state index contributed by atoms with van der Waals surface area (Å²) >= 11 is 12.1. The maximum atomic E-state index is 13.4. The molecule has 0 radical (unpaired) electrons. The highest BCUT2D eigenvalue weighted by atomic mass is 35.5. The zero-order chi connectivity index (χ0) is 25.6. The first-order chi connectivity index (χ1) is 16.6. The summed E-state index contributed by atoms with van der Waals surface area (Å²) in [6.45, 7) is 3.87. The van der Waals surface area contributed by atoms with Crippen molar-refractivity contribution in [2.45, 2.75) is 44.7 Å². The summed E-state index contributed by atoms with van der Waals surface area (Å²) in [5, 5.41) is 29.7. The number of amides is 2. The summed E-state index contributed by atoms with van der Waals surface area (Å²) in [6.07, 6.45) is 0.679. The van der Waals surface area contributed by atoms with Crippen molar-refractivity contribution in [3.05, 3.63) is 69.7 Å². The second-order valence-electron chi connectivity index (χ2n) is 9.01. The fourth-order valence-electron chi connectivity index (χ4n) is 3.88. The van der Waals surface area contributed by atoms with E-state index < -0.39 is 30.5 Å². The third-order valence-corrected chi connectivity index (χ3v) is 6.18. The van der Waals surface area contributed by atoms with Crippen LogP contribution in [-0.4, -0.2) is 52.8 Å². The van der Waals surface area contributed by atoms with Crippen molar-refractivity contribution in [3.63, 3.8) is 0 Å². The molecule has 8 nitrogen and oxygen atoms in total. The topological polar surface area (TPSA) is 120 Å². The van der Waals surface area contributed by atoms with Crippen LogP contribution in [0.25, 0.3) is 0 Å². The lowest BCUT2D eigenvalue weighted by Crippen LogP contribution is -2.56. The fourth-order valence-corrected chi connectivity index (χ4v) is 4.25. The van der Waals surface area contributed by atoms with E-state index in [4.69, 9.17) is 28.0 Å². The molecule has 2 unspecified atom stereocenters. The van der Waals surface area contributed by atoms with Crippen LogP contribution in [0, 0.1) is 5.92 Å². The van der Waals surface area contributed by atoms with Gasteiger partial charge in [0, 0.05) is 17.9 Å². The first-order valence-corrected chi connectivity index (χ1v) is 12.0. The van der Waals surface area contributed by atoms with E-state index in [1.807, 2.05) is 44.2 Å². The molecule has 0 spiro atoms. The molecule has 2 amide bonds. The van der Waals surface area contributed by atoms with Crippen molar-refractivity contribution < 1.29 is 24.5 Å². The van der Waals surface area contributed by atoms with Crippen LogP contribution < -0.4 is 10.6 Å². The molecule has 2 aromatic carbocycles. The number of benzene rings is 2. The minimum absolute atomic E-state index is 0.0313. The van der Waals surface area contributed by atoms with Gasteiger partial charge in [-0.1, -0.05) is 72.5 Å². The highest BCUT2D eigenvalue weighted by molar-refractivity contribution is 6.43. The SMILES string of the molecule is CC(C)CC(NC(=O)C1(Cc2ccccc2)CC(CNC(=O)c2cc(Cl)ccc2Cl)=NO1)B(O)O. The lowest BCUT2D eigenvalue weighted by Gasteiger charge is -2.29. The van der Waals surface area contributed by atoms with Gasteiger partial charge in [-0.3, -0.25) is 9.59 Å². The summed E-state index contributed by atoms with van der Waals surface area (Å²) in [7, 11) is -1.72. The van der Waals surface area contributed by atoms with Crippen LogP contribution in [0.1, 0.15) is 42.6 Å². The molecule has 2 aromatic rings. The molecule has 1 heterocycles. The quantitative estimate of drug-likeness (QED) is 0.359. The van der Waals surface area contributed by atoms with E-state index in [9.17, 15) is 19.6 Å². The molecule has 11 heteroatoms.